The van der Waals surface area contributed by atoms with E-state index in [-0.39, 0.29) is 5.92 Å². The van der Waals surface area contributed by atoms with Gasteiger partial charge in [-0.05, 0) is 65.3 Å². The number of fused-ring (bicyclic) bond motifs is 3. The van der Waals surface area contributed by atoms with Crippen LogP contribution < -0.4 is 0 Å². The van der Waals surface area contributed by atoms with Crippen LogP contribution >= 0.6 is 0 Å². The fraction of sp³-hybridized carbons (Fsp3) is 0.143. The van der Waals surface area contributed by atoms with Gasteiger partial charge in [-0.25, -0.2) is 0 Å². The number of aryl methyl sites for hydroxylation is 3. The lowest BCUT2D eigenvalue weighted by atomic mass is 9.82. The fourth-order valence-electron chi connectivity index (χ4n) is 4.70. The van der Waals surface area contributed by atoms with Gasteiger partial charge in [0.25, 0.3) is 0 Å². The molecule has 1 aliphatic carbocycles. The zero-order valence-electron chi connectivity index (χ0n) is 16.7. The molecule has 0 heteroatoms. The Bertz CT molecular complexity index is 1200. The summed E-state index contributed by atoms with van der Waals surface area (Å²) in [6.45, 7) is 6.60. The highest BCUT2D eigenvalue weighted by Gasteiger charge is 2.31. The Hall–Kier alpha value is -3.12. The van der Waals surface area contributed by atoms with Crippen LogP contribution in [0.5, 0.6) is 0 Å². The van der Waals surface area contributed by atoms with Crippen molar-refractivity contribution in [3.63, 3.8) is 0 Å². The van der Waals surface area contributed by atoms with E-state index >= 15 is 0 Å². The maximum absolute atomic E-state index is 2.39. The van der Waals surface area contributed by atoms with Gasteiger partial charge in [0.1, 0.15) is 0 Å². The van der Waals surface area contributed by atoms with Crippen molar-refractivity contribution >= 4 is 0 Å². The Balaban J connectivity index is 1.82. The van der Waals surface area contributed by atoms with Crippen LogP contribution in [0, 0.1) is 20.8 Å². The lowest BCUT2D eigenvalue weighted by Crippen LogP contribution is -2.03. The summed E-state index contributed by atoms with van der Waals surface area (Å²) in [7, 11) is 0. The molecule has 0 fully saturated rings. The minimum atomic E-state index is 0.278. The van der Waals surface area contributed by atoms with Crippen LogP contribution in [-0.4, -0.2) is 0 Å². The zero-order chi connectivity index (χ0) is 19.3. The molecule has 0 nitrogen and oxygen atoms in total. The maximum atomic E-state index is 2.39. The molecular weight excluding hydrogens is 336 g/mol. The third kappa shape index (κ3) is 2.60. The number of hydrogen-bond donors (Lipinski definition) is 0. The molecule has 1 atom stereocenters. The summed E-state index contributed by atoms with van der Waals surface area (Å²) < 4.78 is 0. The Morgan fingerprint density at radius 1 is 0.464 bits per heavy atom. The minimum Gasteiger partial charge on any atom is -0.0620 e. The van der Waals surface area contributed by atoms with Crippen molar-refractivity contribution < 1.29 is 0 Å². The number of hydrogen-bond acceptors (Lipinski definition) is 0. The summed E-state index contributed by atoms with van der Waals surface area (Å²) >= 11 is 0. The standard InChI is InChI=1S/C28H24/c1-18-12-14-23(21-9-5-4-8-20(21)3)26(16-18)28-25-11-7-6-10-22(25)24-15-13-19(2)17-27(24)28/h4-17,28H,1-3H3. The minimum absolute atomic E-state index is 0.278. The smallest absolute Gasteiger partial charge is 0.0358 e. The molecule has 0 saturated heterocycles. The largest absolute Gasteiger partial charge is 0.0620 e. The van der Waals surface area contributed by atoms with Gasteiger partial charge in [0.2, 0.25) is 0 Å². The van der Waals surface area contributed by atoms with Gasteiger partial charge in [0, 0.05) is 5.92 Å². The van der Waals surface area contributed by atoms with Crippen LogP contribution in [0.2, 0.25) is 0 Å². The first kappa shape index (κ1) is 17.0. The summed E-state index contributed by atoms with van der Waals surface area (Å²) in [6, 6.07) is 31.5. The van der Waals surface area contributed by atoms with Crippen molar-refractivity contribution in [2.45, 2.75) is 26.7 Å². The van der Waals surface area contributed by atoms with Crippen molar-refractivity contribution in [2.24, 2.45) is 0 Å². The Kier molecular flexibility index (Phi) is 3.94. The van der Waals surface area contributed by atoms with E-state index in [0.717, 1.165) is 0 Å². The van der Waals surface area contributed by atoms with Crippen molar-refractivity contribution in [3.8, 4) is 22.3 Å². The molecule has 0 aliphatic heterocycles. The molecule has 1 unspecified atom stereocenters. The Labute approximate surface area is 167 Å². The average Bonchev–Trinajstić information content (AvgIpc) is 3.02. The third-order valence-corrected chi connectivity index (χ3v) is 6.03. The van der Waals surface area contributed by atoms with Crippen molar-refractivity contribution in [3.05, 3.63) is 118 Å². The molecule has 4 aromatic rings. The van der Waals surface area contributed by atoms with E-state index in [1.807, 2.05) is 0 Å². The molecule has 0 bridgehead atoms. The predicted octanol–water partition coefficient (Wildman–Crippen LogP) is 7.44. The summed E-state index contributed by atoms with van der Waals surface area (Å²) in [5.74, 6) is 0.278. The molecular formula is C28H24. The lowest BCUT2D eigenvalue weighted by Gasteiger charge is -2.21. The second-order valence-electron chi connectivity index (χ2n) is 8.02. The molecule has 1 aliphatic rings. The van der Waals surface area contributed by atoms with E-state index in [0.29, 0.717) is 0 Å². The van der Waals surface area contributed by atoms with Gasteiger partial charge in [-0.3, -0.25) is 0 Å². The van der Waals surface area contributed by atoms with Gasteiger partial charge in [0.15, 0.2) is 0 Å². The molecule has 136 valence electrons. The van der Waals surface area contributed by atoms with E-state index in [9.17, 15) is 0 Å². The van der Waals surface area contributed by atoms with E-state index < -0.39 is 0 Å². The fourth-order valence-corrected chi connectivity index (χ4v) is 4.70. The first-order valence-electron chi connectivity index (χ1n) is 10.00. The second kappa shape index (κ2) is 6.49. The lowest BCUT2D eigenvalue weighted by molar-refractivity contribution is 1.01. The normalized spacial score (nSPS) is 14.6. The Morgan fingerprint density at radius 3 is 1.61 bits per heavy atom. The van der Waals surface area contributed by atoms with Gasteiger partial charge in [-0.15, -0.1) is 0 Å². The summed E-state index contributed by atoms with van der Waals surface area (Å²) in [4.78, 5) is 0. The first-order chi connectivity index (χ1) is 13.6. The summed E-state index contributed by atoms with van der Waals surface area (Å²) in [6.07, 6.45) is 0. The maximum Gasteiger partial charge on any atom is 0.0358 e. The zero-order valence-corrected chi connectivity index (χ0v) is 16.7. The topological polar surface area (TPSA) is 0 Å². The third-order valence-electron chi connectivity index (χ3n) is 6.03. The molecule has 0 spiro atoms. The SMILES string of the molecule is Cc1ccc(-c2ccccc2C)c(C2c3ccccc3-c3ccc(C)cc32)c1. The first-order valence-corrected chi connectivity index (χ1v) is 10.00. The number of benzene rings is 4. The molecule has 5 rings (SSSR count). The molecule has 0 amide bonds. The average molecular weight is 361 g/mol. The van der Waals surface area contributed by atoms with Gasteiger partial charge in [-0.1, -0.05) is 96.1 Å². The van der Waals surface area contributed by atoms with Gasteiger partial charge < -0.3 is 0 Å². The summed E-state index contributed by atoms with van der Waals surface area (Å²) in [5, 5.41) is 0. The molecule has 0 radical (unpaired) electrons. The van der Waals surface area contributed by atoms with Crippen LogP contribution in [0.3, 0.4) is 0 Å². The monoisotopic (exact) mass is 360 g/mol. The van der Waals surface area contributed by atoms with Crippen LogP contribution in [0.1, 0.15) is 39.3 Å². The highest BCUT2D eigenvalue weighted by Crippen LogP contribution is 2.50. The van der Waals surface area contributed by atoms with Gasteiger partial charge in [0.05, 0.1) is 0 Å². The van der Waals surface area contributed by atoms with E-state index in [1.165, 1.54) is 55.6 Å². The van der Waals surface area contributed by atoms with E-state index in [1.54, 1.807) is 0 Å². The van der Waals surface area contributed by atoms with Crippen molar-refractivity contribution in [2.75, 3.05) is 0 Å². The van der Waals surface area contributed by atoms with Crippen LogP contribution in [0.25, 0.3) is 22.3 Å². The molecule has 0 N–H and O–H groups in total. The van der Waals surface area contributed by atoms with Crippen LogP contribution in [0.15, 0.2) is 84.9 Å². The van der Waals surface area contributed by atoms with E-state index in [2.05, 4.69) is 106 Å². The van der Waals surface area contributed by atoms with Gasteiger partial charge >= 0.3 is 0 Å². The molecule has 0 heterocycles. The Morgan fingerprint density at radius 2 is 0.964 bits per heavy atom. The van der Waals surface area contributed by atoms with E-state index in [4.69, 9.17) is 0 Å². The van der Waals surface area contributed by atoms with Crippen LogP contribution in [0.4, 0.5) is 0 Å². The second-order valence-corrected chi connectivity index (χ2v) is 8.02. The van der Waals surface area contributed by atoms with Crippen molar-refractivity contribution in [1.29, 1.82) is 0 Å². The predicted molar refractivity (Wildman–Crippen MR) is 119 cm³/mol. The highest BCUT2D eigenvalue weighted by molar-refractivity contribution is 5.84. The summed E-state index contributed by atoms with van der Waals surface area (Å²) in [5.41, 5.74) is 13.6. The quantitative estimate of drug-likeness (QED) is 0.307. The van der Waals surface area contributed by atoms with Gasteiger partial charge in [-0.2, -0.15) is 0 Å². The molecule has 0 aromatic heterocycles. The number of rotatable bonds is 2. The van der Waals surface area contributed by atoms with Crippen LogP contribution in [-0.2, 0) is 0 Å². The highest BCUT2D eigenvalue weighted by atomic mass is 14.3. The molecule has 28 heavy (non-hydrogen) atoms. The van der Waals surface area contributed by atoms with Crippen molar-refractivity contribution in [1.82, 2.24) is 0 Å². The molecule has 0 saturated carbocycles. The molecule has 4 aromatic carbocycles.